The molecule has 0 spiro atoms. The van der Waals surface area contributed by atoms with E-state index >= 15 is 0 Å². The normalized spacial score (nSPS) is 10.5. The molecule has 1 N–H and O–H groups in total. The molecule has 14 heavy (non-hydrogen) atoms. The third kappa shape index (κ3) is 8.87. The average Bonchev–Trinajstić information content (AvgIpc) is 2.00. The molecule has 0 atom stereocenters. The molecule has 0 aliphatic heterocycles. The predicted octanol–water partition coefficient (Wildman–Crippen LogP) is 2.24. The van der Waals surface area contributed by atoms with Crippen molar-refractivity contribution in [2.75, 3.05) is 13.1 Å². The molecule has 0 bridgehead atoms. The Kier molecular flexibility index (Phi) is 5.72. The van der Waals surface area contributed by atoms with Crippen LogP contribution in [0.1, 0.15) is 33.6 Å². The van der Waals surface area contributed by atoms with Gasteiger partial charge in [-0.25, -0.2) is 0 Å². The summed E-state index contributed by atoms with van der Waals surface area (Å²) in [5, 5.41) is 6.15. The lowest BCUT2D eigenvalue weighted by Crippen LogP contribution is -2.28. The molecule has 0 unspecified atom stereocenters. The molecule has 0 aromatic rings. The van der Waals surface area contributed by atoms with E-state index in [0.29, 0.717) is 25.9 Å². The minimum atomic E-state index is 0.0227. The number of nitrogens with one attached hydrogen (secondary N) is 1. The largest absolute Gasteiger partial charge is 0.356 e. The zero-order chi connectivity index (χ0) is 11.0. The molecule has 0 aromatic heterocycles. The lowest BCUT2D eigenvalue weighted by Gasteiger charge is -2.16. The SMILES string of the molecule is CC(C)(C)CC(=O)NCCCN=[N+]=[N-]. The molecule has 1 amide bonds. The maximum Gasteiger partial charge on any atom is 0.220 e. The number of azide groups is 1. The van der Waals surface area contributed by atoms with Crippen molar-refractivity contribution in [2.24, 2.45) is 10.5 Å². The Balaban J connectivity index is 3.50. The molecule has 0 fully saturated rings. The van der Waals surface area contributed by atoms with Gasteiger partial charge in [-0.2, -0.15) is 0 Å². The van der Waals surface area contributed by atoms with E-state index in [2.05, 4.69) is 15.3 Å². The van der Waals surface area contributed by atoms with Crippen molar-refractivity contribution in [3.63, 3.8) is 0 Å². The average molecular weight is 198 g/mol. The maximum atomic E-state index is 11.3. The molecule has 0 aliphatic rings. The lowest BCUT2D eigenvalue weighted by atomic mass is 9.92. The summed E-state index contributed by atoms with van der Waals surface area (Å²) < 4.78 is 0. The molecular weight excluding hydrogens is 180 g/mol. The van der Waals surface area contributed by atoms with Crippen molar-refractivity contribution in [3.8, 4) is 0 Å². The molecule has 0 aliphatic carbocycles. The summed E-state index contributed by atoms with van der Waals surface area (Å²) >= 11 is 0. The van der Waals surface area contributed by atoms with Crippen LogP contribution in [-0.4, -0.2) is 19.0 Å². The fraction of sp³-hybridized carbons (Fsp3) is 0.889. The van der Waals surface area contributed by atoms with Crippen LogP contribution in [0.4, 0.5) is 0 Å². The van der Waals surface area contributed by atoms with Crippen LogP contribution in [0.3, 0.4) is 0 Å². The first-order chi connectivity index (χ1) is 6.45. The second kappa shape index (κ2) is 6.27. The highest BCUT2D eigenvalue weighted by molar-refractivity contribution is 5.76. The van der Waals surface area contributed by atoms with Gasteiger partial charge in [0.15, 0.2) is 0 Å². The molecule has 80 valence electrons. The molecule has 5 nitrogen and oxygen atoms in total. The minimum Gasteiger partial charge on any atom is -0.356 e. The standard InChI is InChI=1S/C9H18N4O/c1-9(2,3)7-8(14)11-5-4-6-12-13-10/h4-7H2,1-3H3,(H,11,14). The van der Waals surface area contributed by atoms with Gasteiger partial charge in [-0.05, 0) is 17.4 Å². The van der Waals surface area contributed by atoms with Crippen molar-refractivity contribution < 1.29 is 4.79 Å². The van der Waals surface area contributed by atoms with Crippen LogP contribution in [0.2, 0.25) is 0 Å². The second-order valence-corrected chi connectivity index (χ2v) is 4.40. The van der Waals surface area contributed by atoms with E-state index in [4.69, 9.17) is 5.53 Å². The van der Waals surface area contributed by atoms with Crippen molar-refractivity contribution in [3.05, 3.63) is 10.4 Å². The Morgan fingerprint density at radius 3 is 2.64 bits per heavy atom. The summed E-state index contributed by atoms with van der Waals surface area (Å²) in [6, 6.07) is 0. The van der Waals surface area contributed by atoms with Gasteiger partial charge in [0.05, 0.1) is 0 Å². The van der Waals surface area contributed by atoms with E-state index in [1.54, 1.807) is 0 Å². The zero-order valence-electron chi connectivity index (χ0n) is 9.08. The highest BCUT2D eigenvalue weighted by Gasteiger charge is 2.14. The highest BCUT2D eigenvalue weighted by Crippen LogP contribution is 2.17. The van der Waals surface area contributed by atoms with Crippen molar-refractivity contribution in [1.82, 2.24) is 5.32 Å². The van der Waals surface area contributed by atoms with Crippen LogP contribution >= 0.6 is 0 Å². The predicted molar refractivity (Wildman–Crippen MR) is 55.7 cm³/mol. The summed E-state index contributed by atoms with van der Waals surface area (Å²) in [5.41, 5.74) is 8.02. The van der Waals surface area contributed by atoms with Crippen molar-refractivity contribution in [2.45, 2.75) is 33.6 Å². The Labute approximate surface area is 84.5 Å². The zero-order valence-corrected chi connectivity index (χ0v) is 9.08. The first kappa shape index (κ1) is 12.8. The van der Waals surface area contributed by atoms with Gasteiger partial charge < -0.3 is 5.32 Å². The molecule has 0 saturated heterocycles. The van der Waals surface area contributed by atoms with E-state index in [1.165, 1.54) is 0 Å². The number of carbonyl (C=O) groups is 1. The first-order valence-corrected chi connectivity index (χ1v) is 4.73. The Hall–Kier alpha value is -1.22. The van der Waals surface area contributed by atoms with E-state index in [0.717, 1.165) is 0 Å². The van der Waals surface area contributed by atoms with Gasteiger partial charge in [0.1, 0.15) is 0 Å². The first-order valence-electron chi connectivity index (χ1n) is 4.73. The number of rotatable bonds is 5. The summed E-state index contributed by atoms with van der Waals surface area (Å²) in [7, 11) is 0. The lowest BCUT2D eigenvalue weighted by molar-refractivity contribution is -0.122. The third-order valence-corrected chi connectivity index (χ3v) is 1.51. The van der Waals surface area contributed by atoms with Gasteiger partial charge >= 0.3 is 0 Å². The number of hydrogen-bond donors (Lipinski definition) is 1. The van der Waals surface area contributed by atoms with Crippen LogP contribution in [0, 0.1) is 5.41 Å². The Morgan fingerprint density at radius 1 is 1.50 bits per heavy atom. The second-order valence-electron chi connectivity index (χ2n) is 4.40. The number of nitrogens with zero attached hydrogens (tertiary/aromatic N) is 3. The number of carbonyl (C=O) groups excluding carboxylic acids is 1. The van der Waals surface area contributed by atoms with Gasteiger partial charge in [0.2, 0.25) is 5.91 Å². The van der Waals surface area contributed by atoms with Crippen molar-refractivity contribution in [1.29, 1.82) is 0 Å². The van der Waals surface area contributed by atoms with Gasteiger partial charge in [0.25, 0.3) is 0 Å². The molecule has 0 aromatic carbocycles. The smallest absolute Gasteiger partial charge is 0.220 e. The quantitative estimate of drug-likeness (QED) is 0.312. The fourth-order valence-electron chi connectivity index (χ4n) is 0.966. The van der Waals surface area contributed by atoms with Gasteiger partial charge in [-0.3, -0.25) is 4.79 Å². The Bertz CT molecular complexity index is 225. The van der Waals surface area contributed by atoms with Crippen LogP contribution in [-0.2, 0) is 4.79 Å². The topological polar surface area (TPSA) is 77.9 Å². The summed E-state index contributed by atoms with van der Waals surface area (Å²) in [6.45, 7) is 7.08. The van der Waals surface area contributed by atoms with Crippen LogP contribution in [0.25, 0.3) is 10.4 Å². The monoisotopic (exact) mass is 198 g/mol. The molecule has 5 heteroatoms. The van der Waals surface area contributed by atoms with Crippen LogP contribution < -0.4 is 5.32 Å². The summed E-state index contributed by atoms with van der Waals surface area (Å²) in [6.07, 6.45) is 1.22. The van der Waals surface area contributed by atoms with E-state index < -0.39 is 0 Å². The maximum absolute atomic E-state index is 11.3. The summed E-state index contributed by atoms with van der Waals surface area (Å²) in [5.74, 6) is 0.0541. The van der Waals surface area contributed by atoms with Crippen LogP contribution in [0.15, 0.2) is 5.11 Å². The van der Waals surface area contributed by atoms with E-state index in [-0.39, 0.29) is 11.3 Å². The van der Waals surface area contributed by atoms with Gasteiger partial charge in [-0.1, -0.05) is 25.9 Å². The molecular formula is C9H18N4O. The van der Waals surface area contributed by atoms with Gasteiger partial charge in [0, 0.05) is 24.4 Å². The van der Waals surface area contributed by atoms with E-state index in [1.807, 2.05) is 20.8 Å². The third-order valence-electron chi connectivity index (χ3n) is 1.51. The van der Waals surface area contributed by atoms with Crippen LogP contribution in [0.5, 0.6) is 0 Å². The molecule has 0 heterocycles. The number of amides is 1. The Morgan fingerprint density at radius 2 is 2.14 bits per heavy atom. The molecule has 0 saturated carbocycles. The van der Waals surface area contributed by atoms with E-state index in [9.17, 15) is 4.79 Å². The molecule has 0 rings (SSSR count). The number of hydrogen-bond acceptors (Lipinski definition) is 2. The minimum absolute atomic E-state index is 0.0227. The fourth-order valence-corrected chi connectivity index (χ4v) is 0.966. The van der Waals surface area contributed by atoms with Gasteiger partial charge in [-0.15, -0.1) is 0 Å². The van der Waals surface area contributed by atoms with Crippen molar-refractivity contribution >= 4 is 5.91 Å². The molecule has 0 radical (unpaired) electrons. The summed E-state index contributed by atoms with van der Waals surface area (Å²) in [4.78, 5) is 13.9. The highest BCUT2D eigenvalue weighted by atomic mass is 16.1.